The van der Waals surface area contributed by atoms with Crippen LogP contribution in [-0.4, -0.2) is 27.4 Å². The molecule has 3 rings (SSSR count). The Morgan fingerprint density at radius 1 is 0.967 bits per heavy atom. The normalized spacial score (nSPS) is 10.2. The average Bonchev–Trinajstić information content (AvgIpc) is 2.71. The Kier molecular flexibility index (Phi) is 6.38. The SMILES string of the molecule is CCOc1ccc(Nc2ncnc(Nc3ccc(NC(C)=O)cc3)c2[N+](=O)[O-])cc1. The maximum Gasteiger partial charge on any atom is 0.353 e. The van der Waals surface area contributed by atoms with E-state index in [0.717, 1.165) is 0 Å². The van der Waals surface area contributed by atoms with Crippen molar-refractivity contribution in [1.29, 1.82) is 0 Å². The number of hydrogen-bond donors (Lipinski definition) is 3. The molecule has 0 fully saturated rings. The number of nitrogens with zero attached hydrogens (tertiary/aromatic N) is 3. The molecule has 0 saturated carbocycles. The van der Waals surface area contributed by atoms with Gasteiger partial charge in [0.1, 0.15) is 12.1 Å². The fourth-order valence-corrected chi connectivity index (χ4v) is 2.65. The number of anilines is 5. The number of ether oxygens (including phenoxy) is 1. The van der Waals surface area contributed by atoms with E-state index in [9.17, 15) is 14.9 Å². The van der Waals surface area contributed by atoms with Crippen LogP contribution in [0, 0.1) is 10.1 Å². The lowest BCUT2D eigenvalue weighted by molar-refractivity contribution is -0.383. The highest BCUT2D eigenvalue weighted by atomic mass is 16.6. The van der Waals surface area contributed by atoms with Crippen molar-refractivity contribution in [2.45, 2.75) is 13.8 Å². The van der Waals surface area contributed by atoms with Crippen LogP contribution >= 0.6 is 0 Å². The van der Waals surface area contributed by atoms with E-state index in [0.29, 0.717) is 29.4 Å². The van der Waals surface area contributed by atoms with E-state index in [2.05, 4.69) is 25.9 Å². The Hall–Kier alpha value is -4.21. The average molecular weight is 408 g/mol. The Labute approximate surface area is 172 Å². The number of rotatable bonds is 8. The first kappa shape index (κ1) is 20.5. The zero-order chi connectivity index (χ0) is 21.5. The van der Waals surface area contributed by atoms with Gasteiger partial charge in [0.2, 0.25) is 17.5 Å². The lowest BCUT2D eigenvalue weighted by Gasteiger charge is -2.11. The summed E-state index contributed by atoms with van der Waals surface area (Å²) in [5, 5.41) is 20.2. The third-order valence-electron chi connectivity index (χ3n) is 3.90. The van der Waals surface area contributed by atoms with E-state index in [1.165, 1.54) is 13.3 Å². The van der Waals surface area contributed by atoms with Crippen molar-refractivity contribution in [3.63, 3.8) is 0 Å². The van der Waals surface area contributed by atoms with Crippen LogP contribution in [0.5, 0.6) is 5.75 Å². The summed E-state index contributed by atoms with van der Waals surface area (Å²) in [6.07, 6.45) is 1.23. The van der Waals surface area contributed by atoms with E-state index in [1.807, 2.05) is 6.92 Å². The summed E-state index contributed by atoms with van der Waals surface area (Å²) in [5.41, 5.74) is 1.50. The molecule has 10 nitrogen and oxygen atoms in total. The van der Waals surface area contributed by atoms with E-state index < -0.39 is 4.92 Å². The molecule has 0 bridgehead atoms. The second kappa shape index (κ2) is 9.32. The van der Waals surface area contributed by atoms with Crippen LogP contribution in [0.25, 0.3) is 0 Å². The van der Waals surface area contributed by atoms with Crippen LogP contribution in [0.4, 0.5) is 34.4 Å². The van der Waals surface area contributed by atoms with Crippen LogP contribution in [0.2, 0.25) is 0 Å². The number of hydrogen-bond acceptors (Lipinski definition) is 8. The van der Waals surface area contributed by atoms with Gasteiger partial charge in [-0.1, -0.05) is 0 Å². The van der Waals surface area contributed by atoms with Crippen molar-refractivity contribution in [2.75, 3.05) is 22.6 Å². The number of nitro groups is 1. The van der Waals surface area contributed by atoms with Crippen molar-refractivity contribution in [3.8, 4) is 5.75 Å². The van der Waals surface area contributed by atoms with Gasteiger partial charge in [-0.3, -0.25) is 14.9 Å². The summed E-state index contributed by atoms with van der Waals surface area (Å²) >= 11 is 0. The van der Waals surface area contributed by atoms with Gasteiger partial charge >= 0.3 is 5.69 Å². The highest BCUT2D eigenvalue weighted by Crippen LogP contribution is 2.33. The molecule has 0 atom stereocenters. The molecule has 2 aromatic carbocycles. The van der Waals surface area contributed by atoms with Crippen LogP contribution in [-0.2, 0) is 4.79 Å². The monoisotopic (exact) mass is 408 g/mol. The molecule has 30 heavy (non-hydrogen) atoms. The Bertz CT molecular complexity index is 1040. The third kappa shape index (κ3) is 5.19. The maximum absolute atomic E-state index is 11.7. The highest BCUT2D eigenvalue weighted by molar-refractivity contribution is 5.89. The minimum Gasteiger partial charge on any atom is -0.494 e. The van der Waals surface area contributed by atoms with Gasteiger partial charge in [0.25, 0.3) is 0 Å². The predicted molar refractivity (Wildman–Crippen MR) is 114 cm³/mol. The molecular formula is C20H20N6O4. The molecule has 0 spiro atoms. The number of amides is 1. The number of benzene rings is 2. The zero-order valence-electron chi connectivity index (χ0n) is 16.4. The van der Waals surface area contributed by atoms with Crippen LogP contribution in [0.3, 0.4) is 0 Å². The molecular weight excluding hydrogens is 388 g/mol. The number of carbonyl (C=O) groups is 1. The molecule has 0 saturated heterocycles. The molecule has 0 aliphatic heterocycles. The van der Waals surface area contributed by atoms with Crippen molar-refractivity contribution in [2.24, 2.45) is 0 Å². The van der Waals surface area contributed by atoms with Gasteiger partial charge in [-0.05, 0) is 55.5 Å². The van der Waals surface area contributed by atoms with Gasteiger partial charge in [0.05, 0.1) is 11.5 Å². The molecule has 1 aromatic heterocycles. The standard InChI is InChI=1S/C20H20N6O4/c1-3-30-17-10-8-16(9-11-17)25-20-18(26(28)29)19(21-12-22-20)24-15-6-4-14(5-7-15)23-13(2)27/h4-12H,3H2,1-2H3,(H,23,27)(H2,21,22,24,25). The lowest BCUT2D eigenvalue weighted by Crippen LogP contribution is -2.06. The summed E-state index contributed by atoms with van der Waals surface area (Å²) in [7, 11) is 0. The smallest absolute Gasteiger partial charge is 0.353 e. The van der Waals surface area contributed by atoms with Gasteiger partial charge < -0.3 is 20.7 Å². The molecule has 154 valence electrons. The van der Waals surface area contributed by atoms with Gasteiger partial charge in [0, 0.05) is 24.0 Å². The van der Waals surface area contributed by atoms with Crippen LogP contribution in [0.1, 0.15) is 13.8 Å². The third-order valence-corrected chi connectivity index (χ3v) is 3.90. The van der Waals surface area contributed by atoms with Crippen molar-refractivity contribution >= 4 is 40.3 Å². The van der Waals surface area contributed by atoms with Gasteiger partial charge in [-0.25, -0.2) is 9.97 Å². The van der Waals surface area contributed by atoms with Crippen molar-refractivity contribution in [1.82, 2.24) is 9.97 Å². The Morgan fingerprint density at radius 3 is 1.93 bits per heavy atom. The molecule has 0 radical (unpaired) electrons. The minimum atomic E-state index is -0.551. The zero-order valence-corrected chi connectivity index (χ0v) is 16.4. The maximum atomic E-state index is 11.7. The first-order valence-electron chi connectivity index (χ1n) is 9.10. The van der Waals surface area contributed by atoms with Crippen molar-refractivity contribution < 1.29 is 14.5 Å². The second-order valence-corrected chi connectivity index (χ2v) is 6.14. The number of carbonyl (C=O) groups excluding carboxylic acids is 1. The molecule has 0 unspecified atom stereocenters. The quantitative estimate of drug-likeness (QED) is 0.373. The molecule has 1 amide bonds. The predicted octanol–water partition coefficient (Wildman–Crippen LogP) is 4.23. The Balaban J connectivity index is 1.83. The van der Waals surface area contributed by atoms with Gasteiger partial charge in [-0.15, -0.1) is 0 Å². The summed E-state index contributed by atoms with van der Waals surface area (Å²) in [5.74, 6) is 0.602. The summed E-state index contributed by atoms with van der Waals surface area (Å²) in [6.45, 7) is 3.85. The van der Waals surface area contributed by atoms with Crippen LogP contribution in [0.15, 0.2) is 54.9 Å². The van der Waals surface area contributed by atoms with E-state index in [4.69, 9.17) is 4.74 Å². The van der Waals surface area contributed by atoms with Gasteiger partial charge in [0.15, 0.2) is 0 Å². The molecule has 3 aromatic rings. The summed E-state index contributed by atoms with van der Waals surface area (Å²) in [4.78, 5) is 30.3. The fourth-order valence-electron chi connectivity index (χ4n) is 2.65. The van der Waals surface area contributed by atoms with Crippen molar-refractivity contribution in [3.05, 3.63) is 65.0 Å². The summed E-state index contributed by atoms with van der Waals surface area (Å²) < 4.78 is 5.39. The largest absolute Gasteiger partial charge is 0.494 e. The van der Waals surface area contributed by atoms with E-state index in [-0.39, 0.29) is 23.2 Å². The molecule has 10 heteroatoms. The fraction of sp³-hybridized carbons (Fsp3) is 0.150. The van der Waals surface area contributed by atoms with Crippen LogP contribution < -0.4 is 20.7 Å². The second-order valence-electron chi connectivity index (χ2n) is 6.14. The van der Waals surface area contributed by atoms with Gasteiger partial charge in [-0.2, -0.15) is 0 Å². The topological polar surface area (TPSA) is 131 Å². The molecule has 3 N–H and O–H groups in total. The van der Waals surface area contributed by atoms with E-state index in [1.54, 1.807) is 48.5 Å². The minimum absolute atomic E-state index is 0.0377. The summed E-state index contributed by atoms with van der Waals surface area (Å²) in [6, 6.07) is 13.7. The number of aromatic nitrogens is 2. The Morgan fingerprint density at radius 2 is 1.47 bits per heavy atom. The lowest BCUT2D eigenvalue weighted by atomic mass is 10.2. The number of nitrogens with one attached hydrogen (secondary N) is 3. The molecule has 1 heterocycles. The van der Waals surface area contributed by atoms with E-state index >= 15 is 0 Å². The first-order valence-corrected chi connectivity index (χ1v) is 9.10. The molecule has 0 aliphatic carbocycles. The highest BCUT2D eigenvalue weighted by Gasteiger charge is 2.23. The molecule has 0 aliphatic rings. The first-order chi connectivity index (χ1) is 14.5.